The Morgan fingerprint density at radius 3 is 1.74 bits per heavy atom. The zero-order valence-corrected chi connectivity index (χ0v) is 20.5. The standard InChI is InChI=1S/C23H25N5O11/c29-20-13-38-18-2-1-3-19(39-14-21(30)25-5-7-37-9-8-36-6-4-24-20)22(18)26-23(31)15-10-16(27(32)33)12-17(11-15)28(34)35/h1-3,10-12H,4-9,13-14H2,(H,24,29)(H,25,30)(H,26,31). The van der Waals surface area contributed by atoms with Crippen LogP contribution in [0.2, 0.25) is 0 Å². The van der Waals surface area contributed by atoms with Crippen molar-refractivity contribution in [2.24, 2.45) is 0 Å². The molecule has 0 saturated carbocycles. The minimum absolute atomic E-state index is 0.0288. The Labute approximate surface area is 220 Å². The van der Waals surface area contributed by atoms with Gasteiger partial charge in [-0.05, 0) is 12.1 Å². The van der Waals surface area contributed by atoms with E-state index < -0.39 is 57.7 Å². The molecule has 1 aliphatic rings. The van der Waals surface area contributed by atoms with Gasteiger partial charge in [-0.1, -0.05) is 6.07 Å². The number of carbonyl (C=O) groups is 3. The van der Waals surface area contributed by atoms with Crippen LogP contribution >= 0.6 is 0 Å². The van der Waals surface area contributed by atoms with E-state index in [-0.39, 0.29) is 43.5 Å². The van der Waals surface area contributed by atoms with Gasteiger partial charge in [-0.25, -0.2) is 0 Å². The molecule has 1 heterocycles. The Kier molecular flexibility index (Phi) is 10.5. The quantitative estimate of drug-likeness (QED) is 0.360. The molecular weight excluding hydrogens is 522 g/mol. The van der Waals surface area contributed by atoms with Gasteiger partial charge in [0, 0.05) is 25.2 Å². The van der Waals surface area contributed by atoms with E-state index in [1.807, 2.05) is 0 Å². The van der Waals surface area contributed by atoms with E-state index in [9.17, 15) is 34.6 Å². The van der Waals surface area contributed by atoms with E-state index in [1.54, 1.807) is 0 Å². The molecule has 39 heavy (non-hydrogen) atoms. The zero-order chi connectivity index (χ0) is 28.2. The number of nitro benzene ring substituents is 2. The van der Waals surface area contributed by atoms with Gasteiger partial charge in [-0.15, -0.1) is 0 Å². The van der Waals surface area contributed by atoms with Gasteiger partial charge in [-0.2, -0.15) is 0 Å². The third-order valence-electron chi connectivity index (χ3n) is 5.04. The summed E-state index contributed by atoms with van der Waals surface area (Å²) < 4.78 is 21.8. The molecular formula is C23H25N5O11. The molecule has 0 aromatic heterocycles. The number of fused-ring (bicyclic) bond motifs is 2. The maximum Gasteiger partial charge on any atom is 0.277 e. The molecule has 0 fully saturated rings. The van der Waals surface area contributed by atoms with Crippen LogP contribution in [-0.4, -0.2) is 80.3 Å². The number of nitro groups is 2. The van der Waals surface area contributed by atoms with Crippen LogP contribution in [0.4, 0.5) is 17.1 Å². The second-order valence-corrected chi connectivity index (χ2v) is 7.84. The van der Waals surface area contributed by atoms with Crippen molar-refractivity contribution in [1.29, 1.82) is 0 Å². The topological polar surface area (TPSA) is 210 Å². The normalized spacial score (nSPS) is 15.6. The first-order valence-corrected chi connectivity index (χ1v) is 11.6. The highest BCUT2D eigenvalue weighted by Crippen LogP contribution is 2.35. The second-order valence-electron chi connectivity index (χ2n) is 7.84. The fraction of sp³-hybridized carbons (Fsp3) is 0.348. The van der Waals surface area contributed by atoms with Gasteiger partial charge < -0.3 is 34.9 Å². The summed E-state index contributed by atoms with van der Waals surface area (Å²) in [6, 6.07) is 6.76. The van der Waals surface area contributed by atoms with Gasteiger partial charge in [-0.3, -0.25) is 34.6 Å². The van der Waals surface area contributed by atoms with Crippen molar-refractivity contribution in [1.82, 2.24) is 10.6 Å². The molecule has 0 atom stereocenters. The highest BCUT2D eigenvalue weighted by atomic mass is 16.6. The van der Waals surface area contributed by atoms with Crippen LogP contribution in [0.15, 0.2) is 36.4 Å². The van der Waals surface area contributed by atoms with Gasteiger partial charge in [0.15, 0.2) is 13.2 Å². The number of amides is 3. The van der Waals surface area contributed by atoms with E-state index in [4.69, 9.17) is 18.9 Å². The SMILES string of the molecule is O=C1COc2cccc(c2NC(=O)c2cc([N+](=O)[O-])cc([N+](=O)[O-])c2)OCC(=O)NCCOCCOCCN1. The van der Waals surface area contributed by atoms with Crippen molar-refractivity contribution in [2.45, 2.75) is 0 Å². The molecule has 16 heteroatoms. The molecule has 3 amide bonds. The summed E-state index contributed by atoms with van der Waals surface area (Å²) in [6.07, 6.45) is 0. The van der Waals surface area contributed by atoms with E-state index in [1.165, 1.54) is 18.2 Å². The Morgan fingerprint density at radius 2 is 1.28 bits per heavy atom. The number of ether oxygens (including phenoxy) is 4. The zero-order valence-electron chi connectivity index (χ0n) is 20.5. The Balaban J connectivity index is 1.88. The van der Waals surface area contributed by atoms with Crippen LogP contribution in [0.5, 0.6) is 11.5 Å². The van der Waals surface area contributed by atoms with Crippen molar-refractivity contribution >= 4 is 34.8 Å². The maximum absolute atomic E-state index is 13.0. The lowest BCUT2D eigenvalue weighted by molar-refractivity contribution is -0.394. The van der Waals surface area contributed by atoms with Gasteiger partial charge >= 0.3 is 0 Å². The largest absolute Gasteiger partial charge is 0.481 e. The van der Waals surface area contributed by atoms with Crippen molar-refractivity contribution in [3.8, 4) is 11.5 Å². The highest BCUT2D eigenvalue weighted by Gasteiger charge is 2.22. The number of non-ortho nitro benzene ring substituents is 2. The molecule has 1 aliphatic heterocycles. The van der Waals surface area contributed by atoms with Crippen LogP contribution in [-0.2, 0) is 19.1 Å². The number of carbonyl (C=O) groups excluding carboxylic acids is 3. The predicted molar refractivity (Wildman–Crippen MR) is 133 cm³/mol. The van der Waals surface area contributed by atoms with Crippen LogP contribution < -0.4 is 25.4 Å². The average molecular weight is 547 g/mol. The van der Waals surface area contributed by atoms with Crippen molar-refractivity contribution in [3.05, 3.63) is 62.2 Å². The van der Waals surface area contributed by atoms with Crippen LogP contribution in [0.1, 0.15) is 10.4 Å². The molecule has 0 unspecified atom stereocenters. The minimum Gasteiger partial charge on any atom is -0.481 e. The minimum atomic E-state index is -0.968. The average Bonchev–Trinajstić information content (AvgIpc) is 2.91. The summed E-state index contributed by atoms with van der Waals surface area (Å²) in [4.78, 5) is 58.2. The first-order valence-electron chi connectivity index (χ1n) is 11.6. The Morgan fingerprint density at radius 1 is 0.795 bits per heavy atom. The second kappa shape index (κ2) is 14.2. The summed E-state index contributed by atoms with van der Waals surface area (Å²) in [5.41, 5.74) is -1.83. The summed E-state index contributed by atoms with van der Waals surface area (Å²) in [5.74, 6) is -2.02. The monoisotopic (exact) mass is 547 g/mol. The molecule has 0 spiro atoms. The molecule has 3 rings (SSSR count). The van der Waals surface area contributed by atoms with Crippen molar-refractivity contribution in [3.63, 3.8) is 0 Å². The van der Waals surface area contributed by atoms with E-state index >= 15 is 0 Å². The molecule has 0 aliphatic carbocycles. The lowest BCUT2D eigenvalue weighted by Gasteiger charge is -2.17. The number of para-hydroxylation sites is 1. The van der Waals surface area contributed by atoms with E-state index in [0.29, 0.717) is 13.2 Å². The molecule has 208 valence electrons. The number of benzene rings is 2. The van der Waals surface area contributed by atoms with Crippen molar-refractivity contribution in [2.75, 3.05) is 58.0 Å². The maximum atomic E-state index is 13.0. The number of rotatable bonds is 4. The summed E-state index contributed by atoms with van der Waals surface area (Å²) >= 11 is 0. The van der Waals surface area contributed by atoms with Gasteiger partial charge in [0.1, 0.15) is 17.2 Å². The van der Waals surface area contributed by atoms with Gasteiger partial charge in [0.25, 0.3) is 29.1 Å². The van der Waals surface area contributed by atoms with Gasteiger partial charge in [0.2, 0.25) is 0 Å². The molecule has 0 saturated heterocycles. The molecule has 0 radical (unpaired) electrons. The molecule has 16 nitrogen and oxygen atoms in total. The smallest absolute Gasteiger partial charge is 0.277 e. The number of hydrogen-bond acceptors (Lipinski definition) is 11. The van der Waals surface area contributed by atoms with E-state index in [2.05, 4.69) is 16.0 Å². The van der Waals surface area contributed by atoms with Crippen LogP contribution in [0.3, 0.4) is 0 Å². The number of nitrogens with one attached hydrogen (secondary N) is 3. The Hall–Kier alpha value is -4.83. The Bertz CT molecular complexity index is 1160. The number of nitrogens with zero attached hydrogens (tertiary/aromatic N) is 2. The summed E-state index contributed by atoms with van der Waals surface area (Å²) in [6.45, 7) is 0.541. The third kappa shape index (κ3) is 8.90. The third-order valence-corrected chi connectivity index (χ3v) is 5.04. The van der Waals surface area contributed by atoms with Crippen LogP contribution in [0.25, 0.3) is 0 Å². The van der Waals surface area contributed by atoms with Crippen molar-refractivity contribution < 1.29 is 43.2 Å². The summed E-state index contributed by atoms with van der Waals surface area (Å²) in [5, 5.41) is 30.1. The molecule has 2 aromatic carbocycles. The molecule has 2 aromatic rings. The first-order chi connectivity index (χ1) is 18.7. The highest BCUT2D eigenvalue weighted by molar-refractivity contribution is 6.06. The molecule has 2 bridgehead atoms. The predicted octanol–water partition coefficient (Wildman–Crippen LogP) is 0.792. The fourth-order valence-corrected chi connectivity index (χ4v) is 3.23. The lowest BCUT2D eigenvalue weighted by atomic mass is 10.1. The first kappa shape index (κ1) is 28.7. The number of anilines is 1. The fourth-order valence-electron chi connectivity index (χ4n) is 3.23. The van der Waals surface area contributed by atoms with E-state index in [0.717, 1.165) is 18.2 Å². The number of hydrogen-bond donors (Lipinski definition) is 3. The molecule has 3 N–H and O–H groups in total. The van der Waals surface area contributed by atoms with Gasteiger partial charge in [0.05, 0.1) is 47.9 Å². The lowest BCUT2D eigenvalue weighted by Crippen LogP contribution is -2.32. The summed E-state index contributed by atoms with van der Waals surface area (Å²) in [7, 11) is 0. The van der Waals surface area contributed by atoms with Crippen LogP contribution in [0, 0.1) is 20.2 Å².